The van der Waals surface area contributed by atoms with Crippen molar-refractivity contribution < 1.29 is 39.4 Å². The van der Waals surface area contributed by atoms with E-state index in [1.165, 1.54) is 0 Å². The van der Waals surface area contributed by atoms with Crippen LogP contribution in [0, 0.1) is 0 Å². The fourth-order valence-electron chi connectivity index (χ4n) is 3.67. The number of hydrogen-bond acceptors (Lipinski definition) is 8. The molecular weight excluding hydrogens is 452 g/mol. The highest BCUT2D eigenvalue weighted by Crippen LogP contribution is 2.34. The summed E-state index contributed by atoms with van der Waals surface area (Å²) in [6, 6.07) is 12.8. The molecule has 33 heavy (non-hydrogen) atoms. The minimum absolute atomic E-state index is 0.441. The van der Waals surface area contributed by atoms with Crippen molar-refractivity contribution in [1.29, 1.82) is 0 Å². The Morgan fingerprint density at radius 1 is 0.909 bits per heavy atom. The maximum atomic E-state index is 10.4. The van der Waals surface area contributed by atoms with Crippen LogP contribution >= 0.6 is 11.6 Å². The van der Waals surface area contributed by atoms with Crippen molar-refractivity contribution >= 4 is 11.6 Å². The SMILES string of the molecule is COCCOCCOc1ccc(Cc2cc(C3O[C@H](CO)[C@@H](O)[C@H](O)[C@H]3O)ccc2Cl)cc1. The second-order valence-corrected chi connectivity index (χ2v) is 8.28. The molecule has 4 N–H and O–H groups in total. The highest BCUT2D eigenvalue weighted by molar-refractivity contribution is 6.31. The molecule has 1 aliphatic heterocycles. The Balaban J connectivity index is 1.63. The molecule has 0 spiro atoms. The zero-order valence-corrected chi connectivity index (χ0v) is 19.2. The summed E-state index contributed by atoms with van der Waals surface area (Å²) < 4.78 is 21.6. The number of benzene rings is 2. The molecule has 0 bridgehead atoms. The van der Waals surface area contributed by atoms with E-state index in [2.05, 4.69) is 0 Å². The van der Waals surface area contributed by atoms with Crippen LogP contribution in [0.25, 0.3) is 0 Å². The average molecular weight is 483 g/mol. The van der Waals surface area contributed by atoms with Gasteiger partial charge in [0.2, 0.25) is 0 Å². The smallest absolute Gasteiger partial charge is 0.119 e. The number of aliphatic hydroxyl groups excluding tert-OH is 4. The van der Waals surface area contributed by atoms with Gasteiger partial charge in [-0.25, -0.2) is 0 Å². The van der Waals surface area contributed by atoms with Crippen molar-refractivity contribution in [3.8, 4) is 5.75 Å². The number of rotatable bonds is 11. The van der Waals surface area contributed by atoms with E-state index in [-0.39, 0.29) is 0 Å². The maximum Gasteiger partial charge on any atom is 0.119 e. The molecule has 1 heterocycles. The fourth-order valence-corrected chi connectivity index (χ4v) is 3.85. The molecule has 0 saturated carbocycles. The fraction of sp³-hybridized carbons (Fsp3) is 0.500. The third kappa shape index (κ3) is 6.88. The van der Waals surface area contributed by atoms with Crippen molar-refractivity contribution in [2.24, 2.45) is 0 Å². The second-order valence-electron chi connectivity index (χ2n) is 7.87. The van der Waals surface area contributed by atoms with Gasteiger partial charge in [0.05, 0.1) is 26.4 Å². The summed E-state index contributed by atoms with van der Waals surface area (Å²) in [5, 5.41) is 40.5. The van der Waals surface area contributed by atoms with Gasteiger partial charge in [0.25, 0.3) is 0 Å². The predicted molar refractivity (Wildman–Crippen MR) is 122 cm³/mol. The number of hydrogen-bond donors (Lipinski definition) is 4. The minimum Gasteiger partial charge on any atom is -0.491 e. The van der Waals surface area contributed by atoms with Crippen molar-refractivity contribution in [3.05, 3.63) is 64.2 Å². The Morgan fingerprint density at radius 3 is 2.33 bits per heavy atom. The van der Waals surface area contributed by atoms with Crippen LogP contribution < -0.4 is 4.74 Å². The van der Waals surface area contributed by atoms with Gasteiger partial charge in [0, 0.05) is 12.1 Å². The summed E-state index contributed by atoms with van der Waals surface area (Å²) >= 11 is 6.40. The van der Waals surface area contributed by atoms with E-state index in [4.69, 9.17) is 30.5 Å². The van der Waals surface area contributed by atoms with Gasteiger partial charge in [-0.1, -0.05) is 35.9 Å². The molecule has 1 aliphatic rings. The first-order valence-electron chi connectivity index (χ1n) is 10.8. The molecule has 1 fully saturated rings. The molecule has 5 atom stereocenters. The summed E-state index contributed by atoms with van der Waals surface area (Å²) in [7, 11) is 1.63. The van der Waals surface area contributed by atoms with Crippen molar-refractivity contribution in [1.82, 2.24) is 0 Å². The van der Waals surface area contributed by atoms with Crippen molar-refractivity contribution in [3.63, 3.8) is 0 Å². The van der Waals surface area contributed by atoms with Crippen LogP contribution in [-0.2, 0) is 20.6 Å². The van der Waals surface area contributed by atoms with Gasteiger partial charge in [0.1, 0.15) is 42.9 Å². The molecule has 9 heteroatoms. The van der Waals surface area contributed by atoms with E-state index >= 15 is 0 Å². The zero-order valence-electron chi connectivity index (χ0n) is 18.5. The van der Waals surface area contributed by atoms with Crippen LogP contribution in [0.2, 0.25) is 5.02 Å². The van der Waals surface area contributed by atoms with E-state index in [0.717, 1.165) is 16.9 Å². The summed E-state index contributed by atoms with van der Waals surface area (Å²) in [4.78, 5) is 0. The van der Waals surface area contributed by atoms with Crippen molar-refractivity contribution in [2.45, 2.75) is 36.9 Å². The Bertz CT molecular complexity index is 860. The Hall–Kier alpha value is -1.75. The number of methoxy groups -OCH3 is 1. The standard InChI is InChI=1S/C24H31ClO8/c1-30-8-9-31-10-11-32-18-5-2-15(3-6-18)12-17-13-16(4-7-19(17)25)24-23(29)22(28)21(27)20(14-26)33-24/h2-7,13,20-24,26-29H,8-12,14H2,1H3/t20-,21-,22+,23-,24?/m1/s1. The lowest BCUT2D eigenvalue weighted by molar-refractivity contribution is -0.231. The van der Waals surface area contributed by atoms with E-state index < -0.39 is 37.1 Å². The van der Waals surface area contributed by atoms with E-state index in [0.29, 0.717) is 43.4 Å². The average Bonchev–Trinajstić information content (AvgIpc) is 2.82. The monoisotopic (exact) mass is 482 g/mol. The second kappa shape index (κ2) is 12.6. The Labute approximate surface area is 198 Å². The third-order valence-electron chi connectivity index (χ3n) is 5.54. The molecule has 1 saturated heterocycles. The van der Waals surface area contributed by atoms with Gasteiger partial charge in [-0.2, -0.15) is 0 Å². The molecular formula is C24H31ClO8. The van der Waals surface area contributed by atoms with Crippen LogP contribution in [0.15, 0.2) is 42.5 Å². The highest BCUT2D eigenvalue weighted by atomic mass is 35.5. The third-order valence-corrected chi connectivity index (χ3v) is 5.91. The van der Waals surface area contributed by atoms with Gasteiger partial charge in [-0.05, 0) is 41.3 Å². The molecule has 1 unspecified atom stereocenters. The molecule has 0 aromatic heterocycles. The largest absolute Gasteiger partial charge is 0.491 e. The number of halogens is 1. The number of aliphatic hydroxyl groups is 4. The van der Waals surface area contributed by atoms with Gasteiger partial charge >= 0.3 is 0 Å². The van der Waals surface area contributed by atoms with Crippen molar-refractivity contribution in [2.75, 3.05) is 40.1 Å². The Kier molecular flexibility index (Phi) is 9.91. The van der Waals surface area contributed by atoms with Gasteiger partial charge < -0.3 is 39.4 Å². The summed E-state index contributed by atoms with van der Waals surface area (Å²) in [5.41, 5.74) is 2.41. The maximum absolute atomic E-state index is 10.4. The van der Waals surface area contributed by atoms with Crippen LogP contribution in [-0.4, -0.2) is 85.0 Å². The topological polar surface area (TPSA) is 118 Å². The summed E-state index contributed by atoms with van der Waals surface area (Å²) in [6.45, 7) is 1.52. The molecule has 3 rings (SSSR count). The van der Waals surface area contributed by atoms with Crippen LogP contribution in [0.1, 0.15) is 22.8 Å². The molecule has 2 aromatic carbocycles. The van der Waals surface area contributed by atoms with Gasteiger partial charge in [-0.15, -0.1) is 0 Å². The zero-order chi connectivity index (χ0) is 23.8. The molecule has 0 amide bonds. The quantitative estimate of drug-likeness (QED) is 0.356. The molecule has 182 valence electrons. The Morgan fingerprint density at radius 2 is 1.64 bits per heavy atom. The van der Waals surface area contributed by atoms with Gasteiger partial charge in [0.15, 0.2) is 0 Å². The molecule has 8 nitrogen and oxygen atoms in total. The van der Waals surface area contributed by atoms with Crippen LogP contribution in [0.3, 0.4) is 0 Å². The van der Waals surface area contributed by atoms with Crippen LogP contribution in [0.5, 0.6) is 5.75 Å². The molecule has 0 radical (unpaired) electrons. The molecule has 0 aliphatic carbocycles. The first kappa shape index (κ1) is 25.9. The molecule has 2 aromatic rings. The highest BCUT2D eigenvalue weighted by Gasteiger charge is 2.44. The lowest BCUT2D eigenvalue weighted by atomic mass is 9.90. The minimum atomic E-state index is -1.43. The first-order valence-corrected chi connectivity index (χ1v) is 11.2. The van der Waals surface area contributed by atoms with Gasteiger partial charge in [-0.3, -0.25) is 0 Å². The van der Waals surface area contributed by atoms with E-state index in [1.807, 2.05) is 24.3 Å². The summed E-state index contributed by atoms with van der Waals surface area (Å²) in [6.07, 6.45) is -5.51. The normalized spacial score (nSPS) is 25.2. The van der Waals surface area contributed by atoms with E-state index in [9.17, 15) is 20.4 Å². The first-order chi connectivity index (χ1) is 15.9. The number of ether oxygens (including phenoxy) is 4. The lowest BCUT2D eigenvalue weighted by Crippen LogP contribution is -2.55. The van der Waals surface area contributed by atoms with E-state index in [1.54, 1.807) is 25.3 Å². The summed E-state index contributed by atoms with van der Waals surface area (Å²) in [5.74, 6) is 0.732. The van der Waals surface area contributed by atoms with Crippen LogP contribution in [0.4, 0.5) is 0 Å². The lowest BCUT2D eigenvalue weighted by Gasteiger charge is -2.40. The predicted octanol–water partition coefficient (Wildman–Crippen LogP) is 1.49.